The van der Waals surface area contributed by atoms with Crippen molar-refractivity contribution < 1.29 is 0 Å². The van der Waals surface area contributed by atoms with E-state index in [1.54, 1.807) is 12.1 Å². The molecule has 0 bridgehead atoms. The fourth-order valence-electron chi connectivity index (χ4n) is 13.5. The molecule has 3 heterocycles. The summed E-state index contributed by atoms with van der Waals surface area (Å²) in [7, 11) is 0. The number of para-hydroxylation sites is 2. The second kappa shape index (κ2) is 20.6. The highest BCUT2D eigenvalue weighted by Crippen LogP contribution is 2.48. The largest absolute Gasteiger partial charge is 0.311 e. The molecule has 0 atom stereocenters. The molecule has 0 fully saturated rings. The highest BCUT2D eigenvalue weighted by atomic mass is 15.2. The van der Waals surface area contributed by atoms with Crippen molar-refractivity contribution in [2.45, 2.75) is 0 Å². The maximum absolute atomic E-state index is 10.4. The molecule has 1 aromatic heterocycles. The third kappa shape index (κ3) is 8.31. The Labute approximate surface area is 500 Å². The molecule has 0 aliphatic carbocycles. The average molecular weight is 1090 g/mol. The molecule has 6 heteroatoms. The smallest absolute Gasteiger partial charge is 0.252 e. The van der Waals surface area contributed by atoms with Gasteiger partial charge in [0.25, 0.3) is 6.71 Å². The summed E-state index contributed by atoms with van der Waals surface area (Å²) < 4.78 is 2.33. The zero-order chi connectivity index (χ0) is 57.2. The first-order chi connectivity index (χ1) is 42.6. The summed E-state index contributed by atoms with van der Waals surface area (Å²) in [5.74, 6) is 0. The molecule has 16 rings (SSSR count). The molecule has 2 aliphatic rings. The van der Waals surface area contributed by atoms with Gasteiger partial charge >= 0.3 is 0 Å². The number of rotatable bonds is 9. The number of nitrogens with zero attached hydrogens (tertiary/aromatic N) is 5. The van der Waals surface area contributed by atoms with E-state index in [2.05, 4.69) is 304 Å². The summed E-state index contributed by atoms with van der Waals surface area (Å²) in [6, 6.07) is 112. The Kier molecular flexibility index (Phi) is 12.0. The molecular formula is C80H50BN5. The van der Waals surface area contributed by atoms with Gasteiger partial charge in [-0.05, 0) is 156 Å². The summed E-state index contributed by atoms with van der Waals surface area (Å²) in [4.78, 5) is 8.68. The lowest BCUT2D eigenvalue weighted by Crippen LogP contribution is -2.61. The first kappa shape index (κ1) is 50.1. The van der Waals surface area contributed by atoms with E-state index >= 15 is 0 Å². The van der Waals surface area contributed by atoms with E-state index in [0.29, 0.717) is 11.3 Å². The van der Waals surface area contributed by atoms with Crippen LogP contribution >= 0.6 is 0 Å². The van der Waals surface area contributed by atoms with Crippen LogP contribution in [0.15, 0.2) is 303 Å². The number of anilines is 6. The zero-order valence-electron chi connectivity index (χ0n) is 46.7. The van der Waals surface area contributed by atoms with Crippen LogP contribution in [0.5, 0.6) is 0 Å². The number of hydrogen-bond donors (Lipinski definition) is 0. The van der Waals surface area contributed by atoms with Gasteiger partial charge in [0.15, 0.2) is 5.69 Å². The minimum Gasteiger partial charge on any atom is -0.311 e. The van der Waals surface area contributed by atoms with Crippen molar-refractivity contribution in [1.29, 1.82) is 5.26 Å². The van der Waals surface area contributed by atoms with Gasteiger partial charge in [-0.3, -0.25) is 0 Å². The molecule has 86 heavy (non-hydrogen) atoms. The van der Waals surface area contributed by atoms with E-state index in [9.17, 15) is 5.26 Å². The molecule has 0 N–H and O–H groups in total. The zero-order valence-corrected chi connectivity index (χ0v) is 46.7. The second-order valence-corrected chi connectivity index (χ2v) is 22.2. The molecule has 5 nitrogen and oxygen atoms in total. The van der Waals surface area contributed by atoms with Crippen LogP contribution in [0.3, 0.4) is 0 Å². The maximum atomic E-state index is 10.4. The second-order valence-electron chi connectivity index (χ2n) is 22.2. The molecule has 0 saturated heterocycles. The van der Waals surface area contributed by atoms with Crippen LogP contribution in [0, 0.1) is 17.9 Å². The number of fused-ring (bicyclic) bond motifs is 7. The van der Waals surface area contributed by atoms with Gasteiger partial charge in [0.05, 0.1) is 29.4 Å². The minimum absolute atomic E-state index is 0.147. The summed E-state index contributed by atoms with van der Waals surface area (Å²) in [6.07, 6.45) is 0. The first-order valence-electron chi connectivity index (χ1n) is 29.1. The van der Waals surface area contributed by atoms with Gasteiger partial charge in [-0.25, -0.2) is 4.85 Å². The van der Waals surface area contributed by atoms with Crippen molar-refractivity contribution in [3.05, 3.63) is 320 Å². The number of hydrogen-bond acceptors (Lipinski definition) is 3. The standard InChI is InChI=1S/C80H50BN5/c1-83-64-37-42-67(63(46-64)52-82)68-26-14-16-28-73(68)86-74-29-17-15-27-69(74)70-47-59(34-43-75(70)86)62-50-78-80-79(51-62)85(66-40-32-58(33-41-66)54-20-8-3-9-21-54)77-45-36-61(56-24-12-5-13-25-56)49-72(77)81(80)71-48-60(55-22-10-4-11-23-55)35-44-76(71)84(78)65-38-30-57(31-39-65)53-18-6-2-7-19-53/h2-51H. The summed E-state index contributed by atoms with van der Waals surface area (Å²) in [6.45, 7) is 7.54. The van der Waals surface area contributed by atoms with Gasteiger partial charge in [-0.1, -0.05) is 224 Å². The van der Waals surface area contributed by atoms with E-state index in [0.717, 1.165) is 95.0 Å². The first-order valence-corrected chi connectivity index (χ1v) is 29.1. The van der Waals surface area contributed by atoms with Crippen molar-refractivity contribution in [2.24, 2.45) is 0 Å². The van der Waals surface area contributed by atoms with Crippen LogP contribution in [0.4, 0.5) is 39.8 Å². The Hall–Kier alpha value is -11.7. The average Bonchev–Trinajstić information content (AvgIpc) is 0.785. The number of aromatic nitrogens is 1. The van der Waals surface area contributed by atoms with Crippen molar-refractivity contribution in [1.82, 2.24) is 4.57 Å². The predicted octanol–water partition coefficient (Wildman–Crippen LogP) is 19.3. The topological polar surface area (TPSA) is 39.6 Å². The Morgan fingerprint density at radius 1 is 0.326 bits per heavy atom. The minimum atomic E-state index is -0.147. The van der Waals surface area contributed by atoms with Crippen molar-refractivity contribution in [3.8, 4) is 78.5 Å². The van der Waals surface area contributed by atoms with Crippen LogP contribution < -0.4 is 26.2 Å². The third-order valence-electron chi connectivity index (χ3n) is 17.4. The number of benzene rings is 13. The van der Waals surface area contributed by atoms with E-state index < -0.39 is 0 Å². The molecular weight excluding hydrogens is 1040 g/mol. The van der Waals surface area contributed by atoms with Gasteiger partial charge in [0.1, 0.15) is 0 Å². The molecule has 0 amide bonds. The Morgan fingerprint density at radius 2 is 0.767 bits per heavy atom. The van der Waals surface area contributed by atoms with Crippen molar-refractivity contribution in [2.75, 3.05) is 9.80 Å². The highest BCUT2D eigenvalue weighted by Gasteiger charge is 2.44. The van der Waals surface area contributed by atoms with Crippen molar-refractivity contribution in [3.63, 3.8) is 0 Å². The van der Waals surface area contributed by atoms with Crippen LogP contribution in [0.25, 0.3) is 99.1 Å². The summed E-state index contributed by atoms with van der Waals surface area (Å²) in [5, 5.41) is 12.7. The number of nitriles is 1. The lowest BCUT2D eigenvalue weighted by atomic mass is 9.33. The Morgan fingerprint density at radius 3 is 1.30 bits per heavy atom. The molecule has 0 radical (unpaired) electrons. The normalized spacial score (nSPS) is 12.1. The third-order valence-corrected chi connectivity index (χ3v) is 17.4. The molecule has 13 aromatic carbocycles. The lowest BCUT2D eigenvalue weighted by molar-refractivity contribution is 1.18. The molecule has 14 aromatic rings. The summed E-state index contributed by atoms with van der Waals surface area (Å²) in [5.41, 5.74) is 27.5. The predicted molar refractivity (Wildman–Crippen MR) is 358 cm³/mol. The fraction of sp³-hybridized carbons (Fsp3) is 0. The van der Waals surface area contributed by atoms with Crippen LogP contribution in [0.2, 0.25) is 0 Å². The van der Waals surface area contributed by atoms with Crippen LogP contribution in [-0.4, -0.2) is 11.3 Å². The SMILES string of the molecule is [C-]#[N+]c1ccc(-c2ccccc2-n2c3ccccc3c3cc(-c4cc5c6c(c4)N(c4ccc(-c7ccccc7)cc4)c4ccc(-c7ccccc7)cc4B6c4cc(-c6ccccc6)ccc4N5c4ccc(-c5ccccc5)cc4)ccc32)c(C#N)c1. The van der Waals surface area contributed by atoms with Gasteiger partial charge in [-0.15, -0.1) is 0 Å². The molecule has 2 aliphatic heterocycles. The lowest BCUT2D eigenvalue weighted by Gasteiger charge is -2.44. The van der Waals surface area contributed by atoms with Gasteiger partial charge in [0, 0.05) is 56.0 Å². The van der Waals surface area contributed by atoms with E-state index in [1.807, 2.05) is 12.1 Å². The quantitative estimate of drug-likeness (QED) is 0.107. The van der Waals surface area contributed by atoms with E-state index in [1.165, 1.54) is 49.8 Å². The molecule has 0 spiro atoms. The molecule has 0 saturated carbocycles. The van der Waals surface area contributed by atoms with Crippen LogP contribution in [0.1, 0.15) is 5.56 Å². The van der Waals surface area contributed by atoms with E-state index in [4.69, 9.17) is 6.57 Å². The summed E-state index contributed by atoms with van der Waals surface area (Å²) >= 11 is 0. The van der Waals surface area contributed by atoms with Gasteiger partial charge < -0.3 is 14.4 Å². The maximum Gasteiger partial charge on any atom is 0.252 e. The Balaban J connectivity index is 0.964. The molecule has 0 unspecified atom stereocenters. The fourth-order valence-corrected chi connectivity index (χ4v) is 13.5. The molecule has 398 valence electrons. The van der Waals surface area contributed by atoms with Crippen molar-refractivity contribution >= 4 is 84.7 Å². The van der Waals surface area contributed by atoms with Gasteiger partial charge in [-0.2, -0.15) is 5.26 Å². The van der Waals surface area contributed by atoms with E-state index in [-0.39, 0.29) is 6.71 Å². The van der Waals surface area contributed by atoms with Crippen LogP contribution in [-0.2, 0) is 0 Å². The monoisotopic (exact) mass is 1090 g/mol. The highest BCUT2D eigenvalue weighted by molar-refractivity contribution is 7.00. The Bertz CT molecular complexity index is 4860. The van der Waals surface area contributed by atoms with Gasteiger partial charge in [0.2, 0.25) is 0 Å².